The Morgan fingerprint density at radius 1 is 0.607 bits per heavy atom. The highest BCUT2D eigenvalue weighted by Gasteiger charge is 2.27. The molecule has 0 amide bonds. The molecule has 3 aromatic carbocycles. The Labute approximate surface area is 351 Å². The van der Waals surface area contributed by atoms with Crippen molar-refractivity contribution < 1.29 is 61.9 Å². The zero-order valence-electron chi connectivity index (χ0n) is 34.6. The van der Waals surface area contributed by atoms with Gasteiger partial charge in [-0.25, -0.2) is 4.79 Å². The predicted octanol–water partition coefficient (Wildman–Crippen LogP) is 5.89. The minimum Gasteiger partial charge on any atom is -0.488 e. The number of esters is 4. The highest BCUT2D eigenvalue weighted by Crippen LogP contribution is 2.45. The summed E-state index contributed by atoms with van der Waals surface area (Å²) in [6.07, 6.45) is 0. The fraction of sp³-hybridized carbons (Fsp3) is 0.333. The van der Waals surface area contributed by atoms with Gasteiger partial charge in [-0.1, -0.05) is 24.3 Å². The van der Waals surface area contributed by atoms with Crippen LogP contribution in [0.25, 0.3) is 33.4 Å². The van der Waals surface area contributed by atoms with Gasteiger partial charge in [0.05, 0.1) is 43.4 Å². The number of aromatic carboxylic acids is 1. The van der Waals surface area contributed by atoms with Crippen LogP contribution in [0.4, 0.5) is 11.4 Å². The Morgan fingerprint density at radius 3 is 1.67 bits per heavy atom. The lowest BCUT2D eigenvalue weighted by Crippen LogP contribution is -2.36. The molecule has 0 bridgehead atoms. The fourth-order valence-electron chi connectivity index (χ4n) is 6.63. The van der Waals surface area contributed by atoms with Crippen LogP contribution < -0.4 is 24.7 Å². The number of carbonyl (C=O) groups is 5. The van der Waals surface area contributed by atoms with Gasteiger partial charge in [-0.15, -0.1) is 0 Å². The van der Waals surface area contributed by atoms with E-state index in [-0.39, 0.29) is 86.5 Å². The SMILES string of the molecule is CCOC(=O)CN(CC(=O)OCC)c1ccc(C)cc1OCCOc1cc2c(-c3ccccc3C(=O)O)c3ccc(=O)cc-3oc2cc1N(CC(=O)OCC)CC(=O)OCC. The molecule has 0 saturated heterocycles. The number of nitrogens with zero attached hydrogens (tertiary/aromatic N) is 2. The smallest absolute Gasteiger partial charge is 0.336 e. The monoisotopic (exact) mass is 840 g/mol. The van der Waals surface area contributed by atoms with E-state index in [1.165, 1.54) is 34.1 Å². The van der Waals surface area contributed by atoms with E-state index in [0.717, 1.165) is 5.56 Å². The zero-order chi connectivity index (χ0) is 44.1. The Kier molecular flexibility index (Phi) is 15.7. The maximum Gasteiger partial charge on any atom is 0.336 e. The van der Waals surface area contributed by atoms with Crippen LogP contribution in [-0.2, 0) is 38.1 Å². The number of ether oxygens (including phenoxy) is 6. The molecule has 2 aliphatic rings. The fourth-order valence-corrected chi connectivity index (χ4v) is 6.63. The van der Waals surface area contributed by atoms with Crippen molar-refractivity contribution >= 4 is 52.2 Å². The molecule has 16 nitrogen and oxygen atoms in total. The van der Waals surface area contributed by atoms with Crippen LogP contribution in [0, 0.1) is 6.92 Å². The summed E-state index contributed by atoms with van der Waals surface area (Å²) in [5.74, 6) is -2.95. The number of rotatable bonds is 21. The molecule has 1 N–H and O–H groups in total. The molecule has 0 unspecified atom stereocenters. The normalized spacial score (nSPS) is 10.8. The van der Waals surface area contributed by atoms with Crippen molar-refractivity contribution in [2.24, 2.45) is 0 Å². The molecule has 16 heteroatoms. The third-order valence-electron chi connectivity index (χ3n) is 9.10. The van der Waals surface area contributed by atoms with E-state index in [9.17, 15) is 33.9 Å². The molecule has 1 heterocycles. The van der Waals surface area contributed by atoms with Crippen molar-refractivity contribution in [2.75, 3.05) is 75.6 Å². The second-order valence-corrected chi connectivity index (χ2v) is 13.4. The van der Waals surface area contributed by atoms with Gasteiger partial charge in [-0.05, 0) is 82.1 Å². The molecule has 322 valence electrons. The van der Waals surface area contributed by atoms with E-state index in [2.05, 4.69) is 0 Å². The quantitative estimate of drug-likeness (QED) is 0.0397. The number of hydrogen-bond acceptors (Lipinski definition) is 15. The van der Waals surface area contributed by atoms with E-state index in [0.29, 0.717) is 33.5 Å². The summed E-state index contributed by atoms with van der Waals surface area (Å²) in [6, 6.07) is 19.0. The minimum atomic E-state index is -1.18. The number of carboxylic acid groups (broad SMARTS) is 1. The summed E-state index contributed by atoms with van der Waals surface area (Å²) < 4.78 is 39.8. The van der Waals surface area contributed by atoms with E-state index in [1.54, 1.807) is 76.2 Å². The predicted molar refractivity (Wildman–Crippen MR) is 225 cm³/mol. The summed E-state index contributed by atoms with van der Waals surface area (Å²) in [7, 11) is 0. The number of carbonyl (C=O) groups excluding carboxylic acids is 4. The Morgan fingerprint density at radius 2 is 1.13 bits per heavy atom. The lowest BCUT2D eigenvalue weighted by molar-refractivity contribution is -0.144. The number of anilines is 2. The molecule has 0 saturated carbocycles. The Balaban J connectivity index is 1.62. The van der Waals surface area contributed by atoms with Gasteiger partial charge in [0.2, 0.25) is 0 Å². The van der Waals surface area contributed by atoms with E-state index in [1.807, 2.05) is 6.92 Å². The van der Waals surface area contributed by atoms with Crippen molar-refractivity contribution in [3.05, 3.63) is 94.1 Å². The first-order valence-electron chi connectivity index (χ1n) is 19.7. The van der Waals surface area contributed by atoms with Crippen LogP contribution in [0.2, 0.25) is 0 Å². The molecule has 61 heavy (non-hydrogen) atoms. The average Bonchev–Trinajstić information content (AvgIpc) is 3.21. The zero-order valence-corrected chi connectivity index (χ0v) is 34.6. The molecule has 0 spiro atoms. The van der Waals surface area contributed by atoms with Gasteiger partial charge in [-0.3, -0.25) is 24.0 Å². The maximum atomic E-state index is 13.0. The number of aryl methyl sites for hydroxylation is 1. The average molecular weight is 841 g/mol. The second kappa shape index (κ2) is 21.2. The number of benzene rings is 4. The molecule has 0 aromatic heterocycles. The van der Waals surface area contributed by atoms with Gasteiger partial charge >= 0.3 is 29.8 Å². The minimum absolute atomic E-state index is 0.0115. The van der Waals surface area contributed by atoms with Crippen LogP contribution in [-0.4, -0.2) is 101 Å². The first-order chi connectivity index (χ1) is 29.4. The first kappa shape index (κ1) is 45.0. The molecule has 5 rings (SSSR count). The summed E-state index contributed by atoms with van der Waals surface area (Å²) in [4.78, 5) is 79.2. The summed E-state index contributed by atoms with van der Waals surface area (Å²) in [6.45, 7) is 7.42. The summed E-state index contributed by atoms with van der Waals surface area (Å²) >= 11 is 0. The second-order valence-electron chi connectivity index (χ2n) is 13.4. The van der Waals surface area contributed by atoms with E-state index >= 15 is 0 Å². The lowest BCUT2D eigenvalue weighted by atomic mass is 9.90. The van der Waals surface area contributed by atoms with Gasteiger partial charge in [0.15, 0.2) is 5.43 Å². The molecule has 0 fully saturated rings. The van der Waals surface area contributed by atoms with Crippen molar-refractivity contribution in [3.8, 4) is 33.9 Å². The molecular weight excluding hydrogens is 792 g/mol. The highest BCUT2D eigenvalue weighted by molar-refractivity contribution is 6.08. The molecular formula is C45H48N2O14. The maximum absolute atomic E-state index is 13.0. The Hall–Kier alpha value is -7.10. The van der Waals surface area contributed by atoms with Gasteiger partial charge in [0, 0.05) is 28.6 Å². The molecule has 0 radical (unpaired) electrons. The van der Waals surface area contributed by atoms with Gasteiger partial charge in [0.1, 0.15) is 62.2 Å². The van der Waals surface area contributed by atoms with Gasteiger partial charge < -0.3 is 47.7 Å². The van der Waals surface area contributed by atoms with Crippen LogP contribution in [0.5, 0.6) is 11.5 Å². The van der Waals surface area contributed by atoms with E-state index in [4.69, 9.17) is 32.8 Å². The van der Waals surface area contributed by atoms with Crippen LogP contribution in [0.3, 0.4) is 0 Å². The van der Waals surface area contributed by atoms with Crippen molar-refractivity contribution in [2.45, 2.75) is 34.6 Å². The van der Waals surface area contributed by atoms with Gasteiger partial charge in [0.25, 0.3) is 0 Å². The summed E-state index contributed by atoms with van der Waals surface area (Å²) in [5.41, 5.74) is 2.48. The third kappa shape index (κ3) is 11.6. The molecule has 0 atom stereocenters. The number of carboxylic acids is 1. The number of fused-ring (bicyclic) bond motifs is 2. The van der Waals surface area contributed by atoms with Crippen LogP contribution >= 0.6 is 0 Å². The molecule has 1 aliphatic heterocycles. The van der Waals surface area contributed by atoms with E-state index < -0.39 is 42.9 Å². The highest BCUT2D eigenvalue weighted by atomic mass is 16.6. The molecule has 3 aromatic rings. The standard InChI is InChI=1S/C45H48N2O14/c1-6-55-40(49)24-46(25-41(50)56-7-2)34-17-14-28(5)20-38(34)59-18-19-60-39-22-33-37(23-35(39)47(26-42(51)57-8-3)27-43(52)58-9-4)61-36-21-29(48)15-16-32(36)44(33)30-12-10-11-13-31(30)45(53)54/h10-17,20-23H,6-9,18-19,24-27H2,1-5H3,(H,53,54). The van der Waals surface area contributed by atoms with Crippen molar-refractivity contribution in [1.82, 2.24) is 0 Å². The van der Waals surface area contributed by atoms with Gasteiger partial charge in [-0.2, -0.15) is 0 Å². The first-order valence-corrected chi connectivity index (χ1v) is 19.7. The van der Waals surface area contributed by atoms with Crippen molar-refractivity contribution in [1.29, 1.82) is 0 Å². The largest absolute Gasteiger partial charge is 0.488 e. The lowest BCUT2D eigenvalue weighted by Gasteiger charge is -2.27. The summed E-state index contributed by atoms with van der Waals surface area (Å²) in [5, 5.41) is 10.6. The number of hydrogen-bond donors (Lipinski definition) is 1. The van der Waals surface area contributed by atoms with Crippen LogP contribution in [0.15, 0.2) is 82.0 Å². The molecule has 1 aliphatic carbocycles. The Bertz CT molecular complexity index is 2370. The third-order valence-corrected chi connectivity index (χ3v) is 9.10. The van der Waals surface area contributed by atoms with Crippen LogP contribution in [0.1, 0.15) is 43.6 Å². The van der Waals surface area contributed by atoms with Crippen molar-refractivity contribution in [3.63, 3.8) is 0 Å². The topological polar surface area (TPSA) is 198 Å².